The summed E-state index contributed by atoms with van der Waals surface area (Å²) in [6.45, 7) is 0.539. The minimum atomic E-state index is -1.25. The Morgan fingerprint density at radius 1 is 0.676 bits per heavy atom. The van der Waals surface area contributed by atoms with Gasteiger partial charge in [-0.05, 0) is 53.6 Å². The molecule has 0 aromatic heterocycles. The van der Waals surface area contributed by atoms with Crippen molar-refractivity contribution in [1.82, 2.24) is 4.90 Å². The highest BCUT2D eigenvalue weighted by Crippen LogP contribution is 2.23. The number of carboxylic acid groups (broad SMARTS) is 1. The molecule has 37 heavy (non-hydrogen) atoms. The van der Waals surface area contributed by atoms with Crippen molar-refractivity contribution < 1.29 is 29.0 Å². The third-order valence-corrected chi connectivity index (χ3v) is 5.63. The van der Waals surface area contributed by atoms with Crippen LogP contribution in [0.15, 0.2) is 103 Å². The van der Waals surface area contributed by atoms with E-state index in [0.717, 1.165) is 16.9 Å². The fourth-order valence-corrected chi connectivity index (χ4v) is 3.80. The van der Waals surface area contributed by atoms with E-state index in [0.29, 0.717) is 5.75 Å². The third kappa shape index (κ3) is 6.61. The van der Waals surface area contributed by atoms with Gasteiger partial charge in [-0.15, -0.1) is 0 Å². The predicted molar refractivity (Wildman–Crippen MR) is 138 cm³/mol. The summed E-state index contributed by atoms with van der Waals surface area (Å²) in [5, 5.41) is 9.52. The quantitative estimate of drug-likeness (QED) is 0.295. The number of carboxylic acids is 1. The van der Waals surface area contributed by atoms with E-state index >= 15 is 0 Å². The Balaban J connectivity index is 1.62. The van der Waals surface area contributed by atoms with Crippen LogP contribution in [0.4, 0.5) is 0 Å². The van der Waals surface area contributed by atoms with Gasteiger partial charge in [0, 0.05) is 18.7 Å². The molecule has 4 rings (SSSR count). The summed E-state index contributed by atoms with van der Waals surface area (Å²) >= 11 is 0. The van der Waals surface area contributed by atoms with E-state index in [1.807, 2.05) is 84.9 Å². The summed E-state index contributed by atoms with van der Waals surface area (Å²) in [5.74, 6) is -1.01. The second-order valence-electron chi connectivity index (χ2n) is 8.30. The Morgan fingerprint density at radius 3 is 1.78 bits per heavy atom. The van der Waals surface area contributed by atoms with Crippen molar-refractivity contribution >= 4 is 17.8 Å². The highest BCUT2D eigenvalue weighted by Gasteiger charge is 2.21. The lowest BCUT2D eigenvalue weighted by Crippen LogP contribution is -2.30. The molecule has 1 N–H and O–H groups in total. The van der Waals surface area contributed by atoms with Crippen LogP contribution in [0.2, 0.25) is 0 Å². The van der Waals surface area contributed by atoms with Crippen molar-refractivity contribution in [3.05, 3.63) is 131 Å². The van der Waals surface area contributed by atoms with E-state index in [1.54, 1.807) is 4.90 Å². The summed E-state index contributed by atoms with van der Waals surface area (Å²) in [5.41, 5.74) is 1.66. The number of para-hydroxylation sites is 1. The number of benzene rings is 4. The molecule has 0 radical (unpaired) electrons. The fraction of sp³-hybridized carbons (Fsp3) is 0.100. The Morgan fingerprint density at radius 2 is 1.19 bits per heavy atom. The first-order valence-electron chi connectivity index (χ1n) is 11.5. The number of carbonyl (C=O) groups excluding carboxylic acids is 2. The molecule has 0 atom stereocenters. The second kappa shape index (κ2) is 11.7. The van der Waals surface area contributed by atoms with E-state index in [-0.39, 0.29) is 29.8 Å². The predicted octanol–water partition coefficient (Wildman–Crippen LogP) is 5.81. The van der Waals surface area contributed by atoms with Crippen molar-refractivity contribution in [3.8, 4) is 11.5 Å². The number of methoxy groups -OCH3 is 1. The minimum absolute atomic E-state index is 0.00664. The van der Waals surface area contributed by atoms with Crippen LogP contribution in [0.5, 0.6) is 11.5 Å². The zero-order valence-electron chi connectivity index (χ0n) is 20.2. The van der Waals surface area contributed by atoms with Crippen LogP contribution in [0, 0.1) is 0 Å². The van der Waals surface area contributed by atoms with Gasteiger partial charge in [0.2, 0.25) is 0 Å². The Kier molecular flexibility index (Phi) is 7.95. The van der Waals surface area contributed by atoms with Gasteiger partial charge in [0.1, 0.15) is 11.5 Å². The monoisotopic (exact) mass is 495 g/mol. The maximum absolute atomic E-state index is 13.7. The van der Waals surface area contributed by atoms with E-state index in [4.69, 9.17) is 9.47 Å². The Hall–Kier alpha value is -4.91. The SMILES string of the molecule is COC(=O)c1cc(C(=O)O)cc(C(=O)N(Cc2ccccc2)Cc2ccc(Oc3ccccc3)cc2)c1. The van der Waals surface area contributed by atoms with Crippen LogP contribution in [-0.2, 0) is 17.8 Å². The number of rotatable bonds is 9. The molecule has 0 saturated carbocycles. The van der Waals surface area contributed by atoms with Gasteiger partial charge in [0.25, 0.3) is 5.91 Å². The van der Waals surface area contributed by atoms with Gasteiger partial charge in [0.15, 0.2) is 0 Å². The second-order valence-corrected chi connectivity index (χ2v) is 8.30. The molecule has 0 saturated heterocycles. The minimum Gasteiger partial charge on any atom is -0.478 e. The van der Waals surface area contributed by atoms with Crippen LogP contribution < -0.4 is 4.74 Å². The molecular formula is C30H25NO6. The van der Waals surface area contributed by atoms with E-state index in [9.17, 15) is 19.5 Å². The largest absolute Gasteiger partial charge is 0.478 e. The first kappa shape index (κ1) is 25.2. The van der Waals surface area contributed by atoms with Crippen molar-refractivity contribution in [3.63, 3.8) is 0 Å². The van der Waals surface area contributed by atoms with Crippen LogP contribution in [-0.4, -0.2) is 35.0 Å². The van der Waals surface area contributed by atoms with Crippen LogP contribution in [0.25, 0.3) is 0 Å². The molecular weight excluding hydrogens is 470 g/mol. The molecule has 4 aromatic rings. The first-order valence-corrected chi connectivity index (χ1v) is 11.5. The Labute approximate surface area is 214 Å². The number of ether oxygens (including phenoxy) is 2. The average Bonchev–Trinajstić information content (AvgIpc) is 2.93. The van der Waals surface area contributed by atoms with Gasteiger partial charge >= 0.3 is 11.9 Å². The van der Waals surface area contributed by atoms with Crippen LogP contribution >= 0.6 is 0 Å². The summed E-state index contributed by atoms with van der Waals surface area (Å²) < 4.78 is 10.6. The standard InChI is InChI=1S/C30H25NO6/c1-36-30(35)25-17-23(16-24(18-25)29(33)34)28(32)31(19-21-8-4-2-5-9-21)20-22-12-14-27(15-13-22)37-26-10-6-3-7-11-26/h2-18H,19-20H2,1H3,(H,33,34). The molecule has 0 aliphatic carbocycles. The molecule has 7 nitrogen and oxygen atoms in total. The molecule has 186 valence electrons. The fourth-order valence-electron chi connectivity index (χ4n) is 3.80. The smallest absolute Gasteiger partial charge is 0.337 e. The molecule has 7 heteroatoms. The topological polar surface area (TPSA) is 93.1 Å². The van der Waals surface area contributed by atoms with Gasteiger partial charge in [-0.25, -0.2) is 9.59 Å². The van der Waals surface area contributed by atoms with Gasteiger partial charge in [-0.2, -0.15) is 0 Å². The maximum atomic E-state index is 13.7. The van der Waals surface area contributed by atoms with Crippen molar-refractivity contribution in [1.29, 1.82) is 0 Å². The lowest BCUT2D eigenvalue weighted by atomic mass is 10.0. The molecule has 0 aliphatic heterocycles. The summed E-state index contributed by atoms with van der Waals surface area (Å²) in [6, 6.07) is 30.1. The van der Waals surface area contributed by atoms with Gasteiger partial charge < -0.3 is 19.5 Å². The number of aromatic carboxylic acids is 1. The average molecular weight is 496 g/mol. The molecule has 4 aromatic carbocycles. The highest BCUT2D eigenvalue weighted by molar-refractivity contribution is 6.01. The van der Waals surface area contributed by atoms with Crippen molar-refractivity contribution in [2.24, 2.45) is 0 Å². The maximum Gasteiger partial charge on any atom is 0.337 e. The zero-order valence-corrected chi connectivity index (χ0v) is 20.2. The molecule has 1 amide bonds. The molecule has 0 fully saturated rings. The summed E-state index contributed by atoms with van der Waals surface area (Å²) in [4.78, 5) is 39.0. The lowest BCUT2D eigenvalue weighted by molar-refractivity contribution is 0.0600. The molecule has 0 heterocycles. The van der Waals surface area contributed by atoms with E-state index < -0.39 is 17.8 Å². The number of hydrogen-bond acceptors (Lipinski definition) is 5. The molecule has 0 aliphatic rings. The summed E-state index contributed by atoms with van der Waals surface area (Å²) in [7, 11) is 1.20. The third-order valence-electron chi connectivity index (χ3n) is 5.63. The lowest BCUT2D eigenvalue weighted by Gasteiger charge is -2.24. The molecule has 0 unspecified atom stereocenters. The van der Waals surface area contributed by atoms with E-state index in [1.165, 1.54) is 25.3 Å². The van der Waals surface area contributed by atoms with Crippen molar-refractivity contribution in [2.75, 3.05) is 7.11 Å². The number of nitrogens with zero attached hydrogens (tertiary/aromatic N) is 1. The normalized spacial score (nSPS) is 10.4. The molecule has 0 spiro atoms. The number of carbonyl (C=O) groups is 3. The first-order chi connectivity index (χ1) is 17.9. The van der Waals surface area contributed by atoms with Crippen molar-refractivity contribution in [2.45, 2.75) is 13.1 Å². The Bertz CT molecular complexity index is 1390. The molecule has 0 bridgehead atoms. The zero-order chi connectivity index (χ0) is 26.2. The number of esters is 1. The van der Waals surface area contributed by atoms with Crippen LogP contribution in [0.1, 0.15) is 42.2 Å². The van der Waals surface area contributed by atoms with E-state index in [2.05, 4.69) is 0 Å². The highest BCUT2D eigenvalue weighted by atomic mass is 16.5. The summed E-state index contributed by atoms with van der Waals surface area (Å²) in [6.07, 6.45) is 0. The van der Waals surface area contributed by atoms with Gasteiger partial charge in [-0.3, -0.25) is 4.79 Å². The number of hydrogen-bond donors (Lipinski definition) is 1. The number of amides is 1. The van der Waals surface area contributed by atoms with Crippen LogP contribution in [0.3, 0.4) is 0 Å². The van der Waals surface area contributed by atoms with Gasteiger partial charge in [-0.1, -0.05) is 60.7 Å². The van der Waals surface area contributed by atoms with Gasteiger partial charge in [0.05, 0.1) is 18.2 Å².